The molecule has 0 aromatic heterocycles. The van der Waals surface area contributed by atoms with E-state index in [1.165, 1.54) is 22.6 Å². The van der Waals surface area contributed by atoms with Gasteiger partial charge in [0.15, 0.2) is 0 Å². The second kappa shape index (κ2) is 8.49. The molecule has 5 heteroatoms. The molecule has 2 aromatic carbocycles. The van der Waals surface area contributed by atoms with Crippen molar-refractivity contribution in [2.75, 3.05) is 19.3 Å². The summed E-state index contributed by atoms with van der Waals surface area (Å²) in [6.07, 6.45) is 0.921. The number of benzene rings is 2. The minimum Gasteiger partial charge on any atom is -0.299 e. The first-order chi connectivity index (χ1) is 12.5. The van der Waals surface area contributed by atoms with Crippen LogP contribution in [0.3, 0.4) is 0 Å². The lowest BCUT2D eigenvalue weighted by atomic mass is 9.89. The number of rotatable bonds is 5. The molecule has 0 spiro atoms. The van der Waals surface area contributed by atoms with Crippen LogP contribution >= 0.6 is 11.8 Å². The smallest absolute Gasteiger partial charge is 0.299 e. The first kappa shape index (κ1) is 19.3. The van der Waals surface area contributed by atoms with Crippen LogP contribution in [0, 0.1) is 5.92 Å². The Labute approximate surface area is 157 Å². The predicted molar refractivity (Wildman–Crippen MR) is 101 cm³/mol. The average molecular weight is 379 g/mol. The molecule has 0 aliphatic carbocycles. The number of nitrogens with zero attached hydrogens (tertiary/aromatic N) is 1. The lowest BCUT2D eigenvalue weighted by Crippen LogP contribution is -2.34. The standard InChI is InChI=1S/C21H24F3NS/c1-26-20-5-3-2-4-18(20)15-25-12-10-17(11-13-25)14-16-6-8-19(9-7-16)21(22,23)24/h2-9,17H,10-15H2,1H3. The van der Waals surface area contributed by atoms with Gasteiger partial charge in [0.05, 0.1) is 5.56 Å². The summed E-state index contributed by atoms with van der Waals surface area (Å²) in [7, 11) is 0. The summed E-state index contributed by atoms with van der Waals surface area (Å²) in [6.45, 7) is 3.08. The van der Waals surface area contributed by atoms with E-state index in [4.69, 9.17) is 0 Å². The number of hydrogen-bond donors (Lipinski definition) is 0. The number of alkyl halides is 3. The maximum atomic E-state index is 12.6. The van der Waals surface area contributed by atoms with Gasteiger partial charge < -0.3 is 0 Å². The average Bonchev–Trinajstić information content (AvgIpc) is 2.63. The number of halogens is 3. The minimum absolute atomic E-state index is 0.554. The van der Waals surface area contributed by atoms with Crippen molar-refractivity contribution in [3.05, 3.63) is 65.2 Å². The second-order valence-electron chi connectivity index (χ2n) is 6.93. The Balaban J connectivity index is 1.51. The summed E-state index contributed by atoms with van der Waals surface area (Å²) in [5, 5.41) is 0. The molecule has 0 bridgehead atoms. The van der Waals surface area contributed by atoms with E-state index in [0.29, 0.717) is 5.92 Å². The van der Waals surface area contributed by atoms with E-state index in [9.17, 15) is 13.2 Å². The fraction of sp³-hybridized carbons (Fsp3) is 0.429. The highest BCUT2D eigenvalue weighted by atomic mass is 32.2. The van der Waals surface area contributed by atoms with Crippen molar-refractivity contribution in [3.63, 3.8) is 0 Å². The third kappa shape index (κ3) is 5.04. The van der Waals surface area contributed by atoms with Crippen molar-refractivity contribution in [1.29, 1.82) is 0 Å². The molecule has 0 saturated carbocycles. The Morgan fingerprint density at radius 1 is 1.00 bits per heavy atom. The lowest BCUT2D eigenvalue weighted by Gasteiger charge is -2.32. The largest absolute Gasteiger partial charge is 0.416 e. The van der Waals surface area contributed by atoms with Gasteiger partial charge in [-0.2, -0.15) is 13.2 Å². The van der Waals surface area contributed by atoms with Gasteiger partial charge in [0.1, 0.15) is 0 Å². The van der Waals surface area contributed by atoms with E-state index in [0.717, 1.165) is 44.5 Å². The van der Waals surface area contributed by atoms with Gasteiger partial charge in [-0.25, -0.2) is 0 Å². The summed E-state index contributed by atoms with van der Waals surface area (Å²) >= 11 is 1.78. The van der Waals surface area contributed by atoms with E-state index in [2.05, 4.69) is 35.4 Å². The summed E-state index contributed by atoms with van der Waals surface area (Å²) in [6, 6.07) is 14.2. The number of likely N-dealkylation sites (tertiary alicyclic amines) is 1. The molecule has 0 amide bonds. The minimum atomic E-state index is -4.25. The van der Waals surface area contributed by atoms with Crippen molar-refractivity contribution < 1.29 is 13.2 Å². The van der Waals surface area contributed by atoms with Crippen molar-refractivity contribution in [2.24, 2.45) is 5.92 Å². The molecule has 1 aliphatic heterocycles. The van der Waals surface area contributed by atoms with Gasteiger partial charge >= 0.3 is 6.18 Å². The predicted octanol–water partition coefficient (Wildman–Crippen LogP) is 5.88. The number of hydrogen-bond acceptors (Lipinski definition) is 2. The van der Waals surface area contributed by atoms with E-state index in [1.54, 1.807) is 23.9 Å². The second-order valence-corrected chi connectivity index (χ2v) is 7.78. The first-order valence-corrected chi connectivity index (χ1v) is 10.2. The van der Waals surface area contributed by atoms with Crippen molar-refractivity contribution in [1.82, 2.24) is 4.90 Å². The van der Waals surface area contributed by atoms with Crippen molar-refractivity contribution in [2.45, 2.75) is 36.9 Å². The Hall–Kier alpha value is -1.46. The molecule has 26 heavy (non-hydrogen) atoms. The third-order valence-electron chi connectivity index (χ3n) is 5.10. The van der Waals surface area contributed by atoms with Gasteiger partial charge in [-0.3, -0.25) is 4.90 Å². The Morgan fingerprint density at radius 2 is 1.65 bits per heavy atom. The molecule has 1 aliphatic rings. The maximum absolute atomic E-state index is 12.6. The van der Waals surface area contributed by atoms with Gasteiger partial charge in [-0.05, 0) is 73.9 Å². The van der Waals surface area contributed by atoms with E-state index in [1.807, 2.05) is 0 Å². The van der Waals surface area contributed by atoms with Crippen LogP contribution in [0.15, 0.2) is 53.4 Å². The quantitative estimate of drug-likeness (QED) is 0.597. The molecule has 1 nitrogen and oxygen atoms in total. The van der Waals surface area contributed by atoms with Crippen LogP contribution in [0.4, 0.5) is 13.2 Å². The third-order valence-corrected chi connectivity index (χ3v) is 5.94. The van der Waals surface area contributed by atoms with E-state index < -0.39 is 11.7 Å². The fourth-order valence-electron chi connectivity index (χ4n) is 3.59. The Bertz CT molecular complexity index is 704. The van der Waals surface area contributed by atoms with Crippen molar-refractivity contribution >= 4 is 11.8 Å². The lowest BCUT2D eigenvalue weighted by molar-refractivity contribution is -0.137. The molecule has 0 N–H and O–H groups in total. The van der Waals surface area contributed by atoms with Crippen LogP contribution in [-0.4, -0.2) is 24.2 Å². The van der Waals surface area contributed by atoms with Crippen molar-refractivity contribution in [3.8, 4) is 0 Å². The topological polar surface area (TPSA) is 3.24 Å². The summed E-state index contributed by atoms with van der Waals surface area (Å²) < 4.78 is 37.9. The zero-order valence-corrected chi connectivity index (χ0v) is 15.7. The maximum Gasteiger partial charge on any atom is 0.416 e. The highest BCUT2D eigenvalue weighted by Gasteiger charge is 2.30. The van der Waals surface area contributed by atoms with Gasteiger partial charge in [0.25, 0.3) is 0 Å². The molecular weight excluding hydrogens is 355 g/mol. The van der Waals surface area contributed by atoms with Crippen LogP contribution in [0.1, 0.15) is 29.5 Å². The highest BCUT2D eigenvalue weighted by Crippen LogP contribution is 2.30. The normalized spacial score (nSPS) is 16.8. The van der Waals surface area contributed by atoms with Crippen LogP contribution in [0.5, 0.6) is 0 Å². The molecule has 1 saturated heterocycles. The number of thioether (sulfide) groups is 1. The highest BCUT2D eigenvalue weighted by molar-refractivity contribution is 7.98. The Kier molecular flexibility index (Phi) is 6.30. The molecule has 0 atom stereocenters. The van der Waals surface area contributed by atoms with Gasteiger partial charge in [0, 0.05) is 11.4 Å². The van der Waals surface area contributed by atoms with E-state index in [-0.39, 0.29) is 0 Å². The van der Waals surface area contributed by atoms with Crippen LogP contribution in [0.25, 0.3) is 0 Å². The molecule has 0 radical (unpaired) electrons. The molecule has 0 unspecified atom stereocenters. The SMILES string of the molecule is CSc1ccccc1CN1CCC(Cc2ccc(C(F)(F)F)cc2)CC1. The Morgan fingerprint density at radius 3 is 2.27 bits per heavy atom. The molecule has 1 fully saturated rings. The summed E-state index contributed by atoms with van der Waals surface area (Å²) in [5.74, 6) is 0.554. The van der Waals surface area contributed by atoms with Gasteiger partial charge in [-0.1, -0.05) is 30.3 Å². The van der Waals surface area contributed by atoms with Crippen LogP contribution in [0.2, 0.25) is 0 Å². The molecular formula is C21H24F3NS. The number of piperidine rings is 1. The molecule has 1 heterocycles. The summed E-state index contributed by atoms with van der Waals surface area (Å²) in [4.78, 5) is 3.82. The molecule has 3 rings (SSSR count). The first-order valence-electron chi connectivity index (χ1n) is 8.96. The zero-order chi connectivity index (χ0) is 18.6. The van der Waals surface area contributed by atoms with Crippen LogP contribution < -0.4 is 0 Å². The molecule has 2 aromatic rings. The summed E-state index contributed by atoms with van der Waals surface area (Å²) in [5.41, 5.74) is 1.81. The zero-order valence-electron chi connectivity index (χ0n) is 14.9. The van der Waals surface area contributed by atoms with Crippen LogP contribution in [-0.2, 0) is 19.1 Å². The van der Waals surface area contributed by atoms with Gasteiger partial charge in [0.2, 0.25) is 0 Å². The monoisotopic (exact) mass is 379 g/mol. The fourth-order valence-corrected chi connectivity index (χ4v) is 4.20. The van der Waals surface area contributed by atoms with Gasteiger partial charge in [-0.15, -0.1) is 11.8 Å². The van der Waals surface area contributed by atoms with E-state index >= 15 is 0 Å². The molecule has 140 valence electrons.